The Balaban J connectivity index is 2.49. The first-order valence-corrected chi connectivity index (χ1v) is 7.01. The summed E-state index contributed by atoms with van der Waals surface area (Å²) in [5.41, 5.74) is 0. The zero-order valence-electron chi connectivity index (χ0n) is 8.41. The quantitative estimate of drug-likeness (QED) is 0.544. The molecule has 0 bridgehead atoms. The van der Waals surface area contributed by atoms with Crippen LogP contribution >= 0.6 is 11.6 Å². The standard InChI is InChI=1S/C8H15ClN2O3S/c9-3-1-2-6-15(13,14)11-5-4-10-8(12)7-11/h1-7H2,(H,10,12). The lowest BCUT2D eigenvalue weighted by Gasteiger charge is -2.25. The van der Waals surface area contributed by atoms with Crippen molar-refractivity contribution in [1.29, 1.82) is 0 Å². The summed E-state index contributed by atoms with van der Waals surface area (Å²) in [6.07, 6.45) is 1.23. The highest BCUT2D eigenvalue weighted by Gasteiger charge is 2.26. The van der Waals surface area contributed by atoms with E-state index in [0.29, 0.717) is 31.8 Å². The van der Waals surface area contributed by atoms with Crippen molar-refractivity contribution in [2.24, 2.45) is 0 Å². The van der Waals surface area contributed by atoms with Gasteiger partial charge in [-0.1, -0.05) is 0 Å². The van der Waals surface area contributed by atoms with Crippen LogP contribution < -0.4 is 5.32 Å². The fourth-order valence-corrected chi connectivity index (χ4v) is 3.06. The van der Waals surface area contributed by atoms with Crippen molar-refractivity contribution >= 4 is 27.5 Å². The molecule has 1 aliphatic heterocycles. The minimum absolute atomic E-state index is 0.0524. The van der Waals surface area contributed by atoms with E-state index in [0.717, 1.165) is 0 Å². The molecule has 0 spiro atoms. The fraction of sp³-hybridized carbons (Fsp3) is 0.875. The molecular formula is C8H15ClN2O3S. The van der Waals surface area contributed by atoms with Gasteiger partial charge in [-0.15, -0.1) is 11.6 Å². The molecule has 1 N–H and O–H groups in total. The monoisotopic (exact) mass is 254 g/mol. The van der Waals surface area contributed by atoms with Crippen molar-refractivity contribution < 1.29 is 13.2 Å². The summed E-state index contributed by atoms with van der Waals surface area (Å²) in [6, 6.07) is 0. The normalized spacial score (nSPS) is 18.9. The number of hydrogen-bond donors (Lipinski definition) is 1. The third-order valence-electron chi connectivity index (χ3n) is 2.18. The Morgan fingerprint density at radius 3 is 2.73 bits per heavy atom. The third-order valence-corrected chi connectivity index (χ3v) is 4.35. The van der Waals surface area contributed by atoms with Crippen LogP contribution in [-0.4, -0.2) is 49.9 Å². The molecule has 0 radical (unpaired) electrons. The molecule has 88 valence electrons. The van der Waals surface area contributed by atoms with Gasteiger partial charge in [-0.2, -0.15) is 4.31 Å². The summed E-state index contributed by atoms with van der Waals surface area (Å²) in [5.74, 6) is 0.311. The summed E-state index contributed by atoms with van der Waals surface area (Å²) < 4.78 is 24.7. The molecule has 1 fully saturated rings. The van der Waals surface area contributed by atoms with Crippen molar-refractivity contribution in [3.8, 4) is 0 Å². The highest BCUT2D eigenvalue weighted by atomic mass is 35.5. The first kappa shape index (κ1) is 12.7. The topological polar surface area (TPSA) is 66.5 Å². The Morgan fingerprint density at radius 1 is 1.40 bits per heavy atom. The van der Waals surface area contributed by atoms with Crippen LogP contribution in [0.3, 0.4) is 0 Å². The van der Waals surface area contributed by atoms with Crippen LogP contribution in [0.4, 0.5) is 0 Å². The molecule has 0 unspecified atom stereocenters. The minimum Gasteiger partial charge on any atom is -0.354 e. The maximum atomic E-state index is 11.7. The van der Waals surface area contributed by atoms with E-state index in [2.05, 4.69) is 5.32 Å². The third kappa shape index (κ3) is 3.96. The zero-order valence-corrected chi connectivity index (χ0v) is 9.98. The Kier molecular flexibility index (Phi) is 4.82. The molecule has 0 aromatic carbocycles. The summed E-state index contributed by atoms with van der Waals surface area (Å²) in [6.45, 7) is 0.714. The number of hydrogen-bond acceptors (Lipinski definition) is 3. The van der Waals surface area contributed by atoms with Gasteiger partial charge in [0.25, 0.3) is 0 Å². The minimum atomic E-state index is -3.27. The van der Waals surface area contributed by atoms with Gasteiger partial charge in [0.15, 0.2) is 0 Å². The first-order chi connectivity index (χ1) is 7.06. The summed E-state index contributed by atoms with van der Waals surface area (Å²) in [7, 11) is -3.27. The number of piperazine rings is 1. The summed E-state index contributed by atoms with van der Waals surface area (Å²) >= 11 is 5.47. The number of unbranched alkanes of at least 4 members (excludes halogenated alkanes) is 1. The summed E-state index contributed by atoms with van der Waals surface area (Å²) in [4.78, 5) is 11.0. The molecular weight excluding hydrogens is 240 g/mol. The van der Waals surface area contributed by atoms with Crippen LogP contribution in [0.1, 0.15) is 12.8 Å². The Morgan fingerprint density at radius 2 is 2.13 bits per heavy atom. The lowest BCUT2D eigenvalue weighted by Crippen LogP contribution is -2.50. The van der Waals surface area contributed by atoms with Gasteiger partial charge < -0.3 is 5.32 Å². The maximum absolute atomic E-state index is 11.7. The van der Waals surface area contributed by atoms with Gasteiger partial charge in [-0.3, -0.25) is 4.79 Å². The van der Waals surface area contributed by atoms with Crippen LogP contribution in [-0.2, 0) is 14.8 Å². The number of sulfonamides is 1. The molecule has 1 aliphatic rings. The van der Waals surface area contributed by atoms with E-state index in [1.807, 2.05) is 0 Å². The van der Waals surface area contributed by atoms with E-state index in [9.17, 15) is 13.2 Å². The van der Waals surface area contributed by atoms with Gasteiger partial charge in [-0.05, 0) is 12.8 Å². The lowest BCUT2D eigenvalue weighted by molar-refractivity contribution is -0.122. The van der Waals surface area contributed by atoms with Crippen molar-refractivity contribution in [3.63, 3.8) is 0 Å². The van der Waals surface area contributed by atoms with E-state index >= 15 is 0 Å². The van der Waals surface area contributed by atoms with Gasteiger partial charge in [0.2, 0.25) is 15.9 Å². The molecule has 0 aromatic rings. The van der Waals surface area contributed by atoms with Gasteiger partial charge in [0.1, 0.15) is 0 Å². The van der Waals surface area contributed by atoms with Gasteiger partial charge in [0, 0.05) is 19.0 Å². The van der Waals surface area contributed by atoms with Crippen LogP contribution in [0.5, 0.6) is 0 Å². The van der Waals surface area contributed by atoms with Gasteiger partial charge >= 0.3 is 0 Å². The van der Waals surface area contributed by atoms with E-state index in [4.69, 9.17) is 11.6 Å². The fourth-order valence-electron chi connectivity index (χ4n) is 1.36. The van der Waals surface area contributed by atoms with E-state index in [1.165, 1.54) is 4.31 Å². The van der Waals surface area contributed by atoms with E-state index in [1.54, 1.807) is 0 Å². The van der Waals surface area contributed by atoms with Crippen molar-refractivity contribution in [1.82, 2.24) is 9.62 Å². The summed E-state index contributed by atoms with van der Waals surface area (Å²) in [5, 5.41) is 2.59. The Labute approximate surface area is 94.8 Å². The molecule has 0 aromatic heterocycles. The van der Waals surface area contributed by atoms with Crippen LogP contribution in [0.15, 0.2) is 0 Å². The highest BCUT2D eigenvalue weighted by Crippen LogP contribution is 2.06. The molecule has 7 heteroatoms. The highest BCUT2D eigenvalue weighted by molar-refractivity contribution is 7.89. The average Bonchev–Trinajstić information content (AvgIpc) is 2.18. The van der Waals surface area contributed by atoms with E-state index in [-0.39, 0.29) is 18.2 Å². The molecule has 1 saturated heterocycles. The Bertz CT molecular complexity index is 318. The molecule has 5 nitrogen and oxygen atoms in total. The second kappa shape index (κ2) is 5.67. The van der Waals surface area contributed by atoms with Crippen molar-refractivity contribution in [2.45, 2.75) is 12.8 Å². The number of rotatable bonds is 5. The Hall–Kier alpha value is -0.330. The number of carbonyl (C=O) groups excluding carboxylic acids is 1. The van der Waals surface area contributed by atoms with Crippen LogP contribution in [0, 0.1) is 0 Å². The van der Waals surface area contributed by atoms with Gasteiger partial charge in [-0.25, -0.2) is 8.42 Å². The first-order valence-electron chi connectivity index (χ1n) is 4.87. The van der Waals surface area contributed by atoms with Crippen molar-refractivity contribution in [2.75, 3.05) is 31.3 Å². The molecule has 15 heavy (non-hydrogen) atoms. The number of alkyl halides is 1. The number of nitrogens with zero attached hydrogens (tertiary/aromatic N) is 1. The maximum Gasteiger partial charge on any atom is 0.235 e. The van der Waals surface area contributed by atoms with Crippen molar-refractivity contribution in [3.05, 3.63) is 0 Å². The molecule has 0 atom stereocenters. The lowest BCUT2D eigenvalue weighted by atomic mass is 10.4. The number of nitrogens with one attached hydrogen (secondary N) is 1. The van der Waals surface area contributed by atoms with Crippen LogP contribution in [0.2, 0.25) is 0 Å². The molecule has 0 saturated carbocycles. The van der Waals surface area contributed by atoms with Gasteiger partial charge in [0.05, 0.1) is 12.3 Å². The van der Waals surface area contributed by atoms with E-state index < -0.39 is 10.0 Å². The number of halogens is 1. The second-order valence-corrected chi connectivity index (χ2v) is 5.86. The zero-order chi connectivity index (χ0) is 11.3. The number of amides is 1. The molecule has 1 amide bonds. The SMILES string of the molecule is O=C1CN(S(=O)(=O)CCCCCl)CCN1. The predicted octanol–water partition coefficient (Wildman–Crippen LogP) is -0.233. The smallest absolute Gasteiger partial charge is 0.235 e. The molecule has 1 heterocycles. The molecule has 0 aliphatic carbocycles. The van der Waals surface area contributed by atoms with Crippen LogP contribution in [0.25, 0.3) is 0 Å². The number of carbonyl (C=O) groups is 1. The second-order valence-electron chi connectivity index (χ2n) is 3.40. The predicted molar refractivity (Wildman–Crippen MR) is 58.3 cm³/mol. The molecule has 1 rings (SSSR count). The average molecular weight is 255 g/mol. The largest absolute Gasteiger partial charge is 0.354 e.